The van der Waals surface area contributed by atoms with Gasteiger partial charge in [0.2, 0.25) is 5.91 Å². The standard InChI is InChI=1S/C26H29N3O3/c1-2-31-22-8-6-20(7-9-22)24-11-10-23(32-24)18-28-15-12-26(19-28)13-16-29(25(26)30)17-21-5-3-4-14-27-21/h3-11,14H,2,12-13,15-19H2,1H3. The van der Waals surface area contributed by atoms with Crippen LogP contribution in [0.4, 0.5) is 0 Å². The fourth-order valence-electron chi connectivity index (χ4n) is 4.92. The summed E-state index contributed by atoms with van der Waals surface area (Å²) in [6.07, 6.45) is 3.62. The van der Waals surface area contributed by atoms with Crippen LogP contribution in [0.1, 0.15) is 31.2 Å². The maximum absolute atomic E-state index is 13.2. The van der Waals surface area contributed by atoms with Gasteiger partial charge in [0.05, 0.1) is 30.8 Å². The number of ether oxygens (including phenoxy) is 1. The summed E-state index contributed by atoms with van der Waals surface area (Å²) in [6.45, 7) is 6.49. The van der Waals surface area contributed by atoms with Gasteiger partial charge in [-0.05, 0) is 74.8 Å². The quantitative estimate of drug-likeness (QED) is 0.556. The molecule has 1 amide bonds. The molecular weight excluding hydrogens is 402 g/mol. The van der Waals surface area contributed by atoms with Gasteiger partial charge in [-0.1, -0.05) is 6.07 Å². The molecule has 1 atom stereocenters. The molecule has 1 spiro atoms. The summed E-state index contributed by atoms with van der Waals surface area (Å²) in [5.41, 5.74) is 1.73. The minimum Gasteiger partial charge on any atom is -0.494 e. The summed E-state index contributed by atoms with van der Waals surface area (Å²) in [7, 11) is 0. The normalized spacial score (nSPS) is 21.0. The molecule has 4 heterocycles. The number of carbonyl (C=O) groups excluding carboxylic acids is 1. The van der Waals surface area contributed by atoms with E-state index in [-0.39, 0.29) is 11.3 Å². The molecule has 3 aromatic rings. The number of nitrogens with zero attached hydrogens (tertiary/aromatic N) is 3. The summed E-state index contributed by atoms with van der Waals surface area (Å²) in [6, 6.07) is 17.9. The Bertz CT molecular complexity index is 1060. The molecule has 2 aromatic heterocycles. The van der Waals surface area contributed by atoms with Crippen molar-refractivity contribution in [3.05, 3.63) is 72.2 Å². The fraction of sp³-hybridized carbons (Fsp3) is 0.385. The van der Waals surface area contributed by atoms with Crippen molar-refractivity contribution in [1.82, 2.24) is 14.8 Å². The van der Waals surface area contributed by atoms with Gasteiger partial charge in [0.25, 0.3) is 0 Å². The van der Waals surface area contributed by atoms with Crippen LogP contribution in [0.25, 0.3) is 11.3 Å². The first-order valence-corrected chi connectivity index (χ1v) is 11.4. The number of likely N-dealkylation sites (tertiary alicyclic amines) is 2. The monoisotopic (exact) mass is 431 g/mol. The Balaban J connectivity index is 1.20. The van der Waals surface area contributed by atoms with Gasteiger partial charge in [-0.3, -0.25) is 14.7 Å². The second-order valence-corrected chi connectivity index (χ2v) is 8.76. The van der Waals surface area contributed by atoms with Gasteiger partial charge in [-0.25, -0.2) is 0 Å². The summed E-state index contributed by atoms with van der Waals surface area (Å²) in [5, 5.41) is 0. The van der Waals surface area contributed by atoms with Crippen LogP contribution in [0.15, 0.2) is 65.2 Å². The molecular formula is C26H29N3O3. The Morgan fingerprint density at radius 1 is 1.03 bits per heavy atom. The highest BCUT2D eigenvalue weighted by Crippen LogP contribution is 2.41. The van der Waals surface area contributed by atoms with E-state index in [9.17, 15) is 4.79 Å². The van der Waals surface area contributed by atoms with Crippen molar-refractivity contribution in [1.29, 1.82) is 0 Å². The molecule has 0 radical (unpaired) electrons. The number of carbonyl (C=O) groups is 1. The van der Waals surface area contributed by atoms with Gasteiger partial charge in [-0.15, -0.1) is 0 Å². The van der Waals surface area contributed by atoms with Gasteiger partial charge >= 0.3 is 0 Å². The van der Waals surface area contributed by atoms with E-state index in [1.165, 1.54) is 0 Å². The molecule has 5 rings (SSSR count). The SMILES string of the molecule is CCOc1ccc(-c2ccc(CN3CCC4(CCN(Cc5ccccn5)C4=O)C3)o2)cc1. The summed E-state index contributed by atoms with van der Waals surface area (Å²) >= 11 is 0. The number of benzene rings is 1. The van der Waals surface area contributed by atoms with E-state index in [0.717, 1.165) is 67.5 Å². The van der Waals surface area contributed by atoms with E-state index in [4.69, 9.17) is 9.15 Å². The first kappa shape index (κ1) is 20.8. The largest absolute Gasteiger partial charge is 0.494 e. The van der Waals surface area contributed by atoms with E-state index in [1.54, 1.807) is 6.20 Å². The molecule has 2 saturated heterocycles. The van der Waals surface area contributed by atoms with Gasteiger partial charge in [0, 0.05) is 24.8 Å². The highest BCUT2D eigenvalue weighted by molar-refractivity contribution is 5.85. The summed E-state index contributed by atoms with van der Waals surface area (Å²) < 4.78 is 11.6. The number of aromatic nitrogens is 1. The van der Waals surface area contributed by atoms with Crippen LogP contribution < -0.4 is 4.74 Å². The van der Waals surface area contributed by atoms with Gasteiger partial charge < -0.3 is 14.1 Å². The molecule has 0 bridgehead atoms. The van der Waals surface area contributed by atoms with Crippen LogP contribution in [0, 0.1) is 5.41 Å². The number of furan rings is 1. The minimum absolute atomic E-state index is 0.251. The molecule has 0 N–H and O–H groups in total. The number of rotatable bonds is 7. The van der Waals surface area contributed by atoms with Crippen molar-refractivity contribution in [3.63, 3.8) is 0 Å². The molecule has 2 aliphatic rings. The first-order valence-electron chi connectivity index (χ1n) is 11.4. The Morgan fingerprint density at radius 2 is 1.88 bits per heavy atom. The molecule has 32 heavy (non-hydrogen) atoms. The van der Waals surface area contributed by atoms with Gasteiger partial charge in [0.1, 0.15) is 17.3 Å². The zero-order valence-electron chi connectivity index (χ0n) is 18.5. The van der Waals surface area contributed by atoms with Crippen molar-refractivity contribution < 1.29 is 13.9 Å². The summed E-state index contributed by atoms with van der Waals surface area (Å²) in [4.78, 5) is 21.9. The zero-order valence-corrected chi connectivity index (χ0v) is 18.5. The molecule has 2 aliphatic heterocycles. The summed E-state index contributed by atoms with van der Waals surface area (Å²) in [5.74, 6) is 2.93. The average molecular weight is 432 g/mol. The van der Waals surface area contributed by atoms with Crippen LogP contribution in [0.2, 0.25) is 0 Å². The highest BCUT2D eigenvalue weighted by Gasteiger charge is 2.50. The van der Waals surface area contributed by atoms with Crippen molar-refractivity contribution in [2.24, 2.45) is 5.41 Å². The maximum atomic E-state index is 13.2. The number of amides is 1. The van der Waals surface area contributed by atoms with E-state index in [1.807, 2.05) is 66.4 Å². The molecule has 2 fully saturated rings. The second-order valence-electron chi connectivity index (χ2n) is 8.76. The molecule has 1 aromatic carbocycles. The number of hydrogen-bond donors (Lipinski definition) is 0. The lowest BCUT2D eigenvalue weighted by Crippen LogP contribution is -2.36. The third-order valence-electron chi connectivity index (χ3n) is 6.60. The number of hydrogen-bond acceptors (Lipinski definition) is 5. The molecule has 6 nitrogen and oxygen atoms in total. The smallest absolute Gasteiger partial charge is 0.230 e. The molecule has 6 heteroatoms. The lowest BCUT2D eigenvalue weighted by molar-refractivity contribution is -0.136. The Hall–Kier alpha value is -3.12. The van der Waals surface area contributed by atoms with Crippen LogP contribution in [-0.2, 0) is 17.9 Å². The third kappa shape index (κ3) is 4.15. The fourth-order valence-corrected chi connectivity index (χ4v) is 4.92. The number of pyridine rings is 1. The van der Waals surface area contributed by atoms with Crippen LogP contribution in [0.5, 0.6) is 5.75 Å². The van der Waals surface area contributed by atoms with Crippen LogP contribution >= 0.6 is 0 Å². The van der Waals surface area contributed by atoms with E-state index in [2.05, 4.69) is 9.88 Å². The third-order valence-corrected chi connectivity index (χ3v) is 6.60. The Morgan fingerprint density at radius 3 is 2.66 bits per heavy atom. The van der Waals surface area contributed by atoms with Crippen molar-refractivity contribution >= 4 is 5.91 Å². The predicted octanol–water partition coefficient (Wildman–Crippen LogP) is 4.36. The zero-order chi connectivity index (χ0) is 22.0. The van der Waals surface area contributed by atoms with Crippen LogP contribution in [-0.4, -0.2) is 46.9 Å². The van der Waals surface area contributed by atoms with Crippen LogP contribution in [0.3, 0.4) is 0 Å². The maximum Gasteiger partial charge on any atom is 0.230 e. The average Bonchev–Trinajstić information content (AvgIpc) is 3.52. The first-order chi connectivity index (χ1) is 15.6. The molecule has 166 valence electrons. The lowest BCUT2D eigenvalue weighted by atomic mass is 9.85. The van der Waals surface area contributed by atoms with E-state index >= 15 is 0 Å². The lowest BCUT2D eigenvalue weighted by Gasteiger charge is -2.23. The highest BCUT2D eigenvalue weighted by atomic mass is 16.5. The van der Waals surface area contributed by atoms with Crippen molar-refractivity contribution in [2.45, 2.75) is 32.9 Å². The van der Waals surface area contributed by atoms with E-state index < -0.39 is 0 Å². The molecule has 1 unspecified atom stereocenters. The van der Waals surface area contributed by atoms with Gasteiger partial charge in [-0.2, -0.15) is 0 Å². The molecule has 0 aliphatic carbocycles. The van der Waals surface area contributed by atoms with Crippen molar-refractivity contribution in [3.8, 4) is 17.1 Å². The van der Waals surface area contributed by atoms with E-state index in [0.29, 0.717) is 13.2 Å². The topological polar surface area (TPSA) is 58.8 Å². The predicted molar refractivity (Wildman–Crippen MR) is 122 cm³/mol. The second kappa shape index (κ2) is 8.79. The van der Waals surface area contributed by atoms with Gasteiger partial charge in [0.15, 0.2) is 0 Å². The van der Waals surface area contributed by atoms with Crippen molar-refractivity contribution in [2.75, 3.05) is 26.2 Å². The Kier molecular flexibility index (Phi) is 5.70. The Labute approximate surface area is 188 Å². The minimum atomic E-state index is -0.251. The molecule has 0 saturated carbocycles.